The molecule has 0 spiro atoms. The third-order valence-electron chi connectivity index (χ3n) is 2.89. The highest BCUT2D eigenvalue weighted by molar-refractivity contribution is 5.22. The number of nitrogens with zero attached hydrogens (tertiary/aromatic N) is 2. The Morgan fingerprint density at radius 3 is 2.75 bits per heavy atom. The molecule has 5 nitrogen and oxygen atoms in total. The molecule has 0 aromatic carbocycles. The van der Waals surface area contributed by atoms with Crippen molar-refractivity contribution < 1.29 is 9.52 Å². The first-order chi connectivity index (χ1) is 7.66. The zero-order valence-electron chi connectivity index (χ0n) is 9.35. The third-order valence-corrected chi connectivity index (χ3v) is 2.89. The summed E-state index contributed by atoms with van der Waals surface area (Å²) in [5.41, 5.74) is -0.379. The second kappa shape index (κ2) is 4.67. The molecular formula is C11H16N2O3. The maximum atomic E-state index is 11.2. The van der Waals surface area contributed by atoms with Gasteiger partial charge in [-0.25, -0.2) is 0 Å². The third kappa shape index (κ3) is 2.43. The average molecular weight is 224 g/mol. The van der Waals surface area contributed by atoms with Crippen LogP contribution in [-0.2, 0) is 6.54 Å². The van der Waals surface area contributed by atoms with Crippen LogP contribution in [0.5, 0.6) is 5.75 Å². The van der Waals surface area contributed by atoms with E-state index in [1.165, 1.54) is 12.3 Å². The van der Waals surface area contributed by atoms with E-state index in [-0.39, 0.29) is 11.2 Å². The summed E-state index contributed by atoms with van der Waals surface area (Å²) in [6.07, 6.45) is 1.33. The van der Waals surface area contributed by atoms with Gasteiger partial charge in [-0.2, -0.15) is 0 Å². The van der Waals surface area contributed by atoms with Crippen LogP contribution in [0.3, 0.4) is 0 Å². The van der Waals surface area contributed by atoms with Crippen LogP contribution in [0, 0.1) is 0 Å². The molecular weight excluding hydrogens is 208 g/mol. The molecule has 1 saturated heterocycles. The van der Waals surface area contributed by atoms with Crippen molar-refractivity contribution in [3.63, 3.8) is 0 Å². The number of rotatable bonds is 2. The summed E-state index contributed by atoms with van der Waals surface area (Å²) in [4.78, 5) is 15.6. The predicted octanol–water partition coefficient (Wildman–Crippen LogP) is 0.0928. The molecule has 88 valence electrons. The predicted molar refractivity (Wildman–Crippen MR) is 59.4 cm³/mol. The first kappa shape index (κ1) is 11.2. The van der Waals surface area contributed by atoms with Crippen molar-refractivity contribution in [1.29, 1.82) is 0 Å². The molecule has 0 amide bonds. The van der Waals surface area contributed by atoms with Gasteiger partial charge in [0.25, 0.3) is 0 Å². The van der Waals surface area contributed by atoms with Gasteiger partial charge in [0.15, 0.2) is 5.76 Å². The minimum atomic E-state index is -0.379. The second-order valence-corrected chi connectivity index (χ2v) is 4.14. The molecule has 1 aromatic rings. The van der Waals surface area contributed by atoms with E-state index in [2.05, 4.69) is 16.8 Å². The van der Waals surface area contributed by atoms with Crippen LogP contribution in [0.2, 0.25) is 0 Å². The molecule has 2 rings (SSSR count). The zero-order chi connectivity index (χ0) is 11.5. The van der Waals surface area contributed by atoms with Crippen molar-refractivity contribution >= 4 is 0 Å². The molecule has 1 fully saturated rings. The maximum Gasteiger partial charge on any atom is 0.226 e. The number of likely N-dealkylation sites (N-methyl/N-ethyl adjacent to an activating group) is 1. The lowest BCUT2D eigenvalue weighted by Crippen LogP contribution is -2.43. The van der Waals surface area contributed by atoms with Gasteiger partial charge in [-0.05, 0) is 7.05 Å². The summed E-state index contributed by atoms with van der Waals surface area (Å²) in [6.45, 7) is 4.34. The first-order valence-electron chi connectivity index (χ1n) is 5.37. The van der Waals surface area contributed by atoms with Crippen molar-refractivity contribution in [3.05, 3.63) is 28.3 Å². The van der Waals surface area contributed by atoms with Gasteiger partial charge in [0.05, 0.1) is 12.8 Å². The number of hydrogen-bond acceptors (Lipinski definition) is 5. The van der Waals surface area contributed by atoms with E-state index in [1.807, 2.05) is 0 Å². The van der Waals surface area contributed by atoms with Crippen LogP contribution in [-0.4, -0.2) is 48.1 Å². The van der Waals surface area contributed by atoms with Gasteiger partial charge in [0, 0.05) is 32.2 Å². The molecule has 0 aliphatic carbocycles. The van der Waals surface area contributed by atoms with Crippen molar-refractivity contribution in [2.75, 3.05) is 33.2 Å². The number of piperazine rings is 1. The molecule has 2 heterocycles. The van der Waals surface area contributed by atoms with Crippen LogP contribution >= 0.6 is 0 Å². The first-order valence-corrected chi connectivity index (χ1v) is 5.37. The molecule has 0 unspecified atom stereocenters. The van der Waals surface area contributed by atoms with Crippen LogP contribution in [0.15, 0.2) is 21.5 Å². The topological polar surface area (TPSA) is 56.9 Å². The molecule has 0 saturated carbocycles. The van der Waals surface area contributed by atoms with Crippen molar-refractivity contribution in [1.82, 2.24) is 9.80 Å². The van der Waals surface area contributed by atoms with Crippen molar-refractivity contribution in [2.24, 2.45) is 0 Å². The van der Waals surface area contributed by atoms with Crippen molar-refractivity contribution in [2.45, 2.75) is 6.54 Å². The van der Waals surface area contributed by atoms with Crippen LogP contribution in [0.25, 0.3) is 0 Å². The SMILES string of the molecule is CN1CCN(Cc2occc(=O)c2O)CC1. The van der Waals surface area contributed by atoms with E-state index in [0.717, 1.165) is 26.2 Å². The Bertz CT molecular complexity index is 408. The average Bonchev–Trinajstić information content (AvgIpc) is 2.28. The van der Waals surface area contributed by atoms with E-state index >= 15 is 0 Å². The highest BCUT2D eigenvalue weighted by atomic mass is 16.4. The molecule has 5 heteroatoms. The van der Waals surface area contributed by atoms with E-state index in [1.54, 1.807) is 0 Å². The van der Waals surface area contributed by atoms with Crippen LogP contribution < -0.4 is 5.43 Å². The molecule has 1 N–H and O–H groups in total. The maximum absolute atomic E-state index is 11.2. The second-order valence-electron chi connectivity index (χ2n) is 4.14. The zero-order valence-corrected chi connectivity index (χ0v) is 9.35. The van der Waals surface area contributed by atoms with Gasteiger partial charge in [-0.3, -0.25) is 9.69 Å². The fourth-order valence-electron chi connectivity index (χ4n) is 1.77. The van der Waals surface area contributed by atoms with Gasteiger partial charge in [0.2, 0.25) is 11.2 Å². The Labute approximate surface area is 93.9 Å². The quantitative estimate of drug-likeness (QED) is 0.771. The highest BCUT2D eigenvalue weighted by Crippen LogP contribution is 2.14. The Hall–Kier alpha value is -1.33. The van der Waals surface area contributed by atoms with E-state index < -0.39 is 0 Å². The van der Waals surface area contributed by atoms with Gasteiger partial charge < -0.3 is 14.4 Å². The van der Waals surface area contributed by atoms with Gasteiger partial charge in [-0.1, -0.05) is 0 Å². The van der Waals surface area contributed by atoms with Crippen LogP contribution in [0.4, 0.5) is 0 Å². The van der Waals surface area contributed by atoms with E-state index in [9.17, 15) is 9.90 Å². The lowest BCUT2D eigenvalue weighted by molar-refractivity contribution is 0.137. The largest absolute Gasteiger partial charge is 0.502 e. The van der Waals surface area contributed by atoms with Gasteiger partial charge >= 0.3 is 0 Å². The van der Waals surface area contributed by atoms with Gasteiger partial charge in [-0.15, -0.1) is 0 Å². The smallest absolute Gasteiger partial charge is 0.226 e. The van der Waals surface area contributed by atoms with E-state index in [4.69, 9.17) is 4.42 Å². The summed E-state index contributed by atoms with van der Waals surface area (Å²) in [5, 5.41) is 9.54. The molecule has 0 atom stereocenters. The molecule has 1 aromatic heterocycles. The monoisotopic (exact) mass is 224 g/mol. The Kier molecular flexibility index (Phi) is 3.26. The van der Waals surface area contributed by atoms with E-state index in [0.29, 0.717) is 12.3 Å². The lowest BCUT2D eigenvalue weighted by atomic mass is 10.3. The standard InChI is InChI=1S/C11H16N2O3/c1-12-3-5-13(6-4-12)8-10-11(15)9(14)2-7-16-10/h2,7,15H,3-6,8H2,1H3. The minimum absolute atomic E-state index is 0.263. The fraction of sp³-hybridized carbons (Fsp3) is 0.545. The number of hydrogen-bond donors (Lipinski definition) is 1. The lowest BCUT2D eigenvalue weighted by Gasteiger charge is -2.31. The van der Waals surface area contributed by atoms with Crippen molar-refractivity contribution in [3.8, 4) is 5.75 Å². The summed E-state index contributed by atoms with van der Waals surface area (Å²) in [6, 6.07) is 1.23. The summed E-state index contributed by atoms with van der Waals surface area (Å²) < 4.78 is 5.16. The molecule has 16 heavy (non-hydrogen) atoms. The molecule has 0 radical (unpaired) electrons. The fourth-order valence-corrected chi connectivity index (χ4v) is 1.77. The van der Waals surface area contributed by atoms with Gasteiger partial charge in [0.1, 0.15) is 0 Å². The Balaban J connectivity index is 2.04. The normalized spacial score (nSPS) is 18.8. The summed E-state index contributed by atoms with van der Waals surface area (Å²) >= 11 is 0. The Morgan fingerprint density at radius 1 is 1.38 bits per heavy atom. The number of aromatic hydroxyl groups is 1. The summed E-state index contributed by atoms with van der Waals surface area (Å²) in [7, 11) is 2.08. The molecule has 0 bridgehead atoms. The van der Waals surface area contributed by atoms with Crippen LogP contribution in [0.1, 0.15) is 5.76 Å². The molecule has 1 aliphatic rings. The minimum Gasteiger partial charge on any atom is -0.502 e. The molecule has 1 aliphatic heterocycles. The highest BCUT2D eigenvalue weighted by Gasteiger charge is 2.17. The summed E-state index contributed by atoms with van der Waals surface area (Å²) in [5.74, 6) is 0.0958. The Morgan fingerprint density at radius 2 is 2.06 bits per heavy atom.